The van der Waals surface area contributed by atoms with Gasteiger partial charge in [-0.3, -0.25) is 14.4 Å². The first-order valence-electron chi connectivity index (χ1n) is 9.21. The van der Waals surface area contributed by atoms with E-state index in [2.05, 4.69) is 0 Å². The number of carboxylic acid groups (broad SMARTS) is 1. The second kappa shape index (κ2) is 10.1. The van der Waals surface area contributed by atoms with Crippen molar-refractivity contribution in [2.24, 2.45) is 0 Å². The molecule has 0 bridgehead atoms. The normalized spacial score (nSPS) is 18.8. The van der Waals surface area contributed by atoms with E-state index in [4.69, 9.17) is 19.3 Å². The van der Waals surface area contributed by atoms with Gasteiger partial charge in [-0.25, -0.2) is 0 Å². The summed E-state index contributed by atoms with van der Waals surface area (Å²) in [6.07, 6.45) is 1.05. The molecular weight excluding hydrogens is 366 g/mol. The number of ketones is 1. The first kappa shape index (κ1) is 21.7. The van der Waals surface area contributed by atoms with Crippen LogP contribution in [-0.2, 0) is 14.3 Å². The van der Waals surface area contributed by atoms with Gasteiger partial charge < -0.3 is 24.2 Å². The SMILES string of the molecule is COc1cc(C(C)=O)ccc1OCCCC(=O)N1CC(OC)CC1CC(=O)O. The van der Waals surface area contributed by atoms with Crippen LogP contribution in [0.2, 0.25) is 0 Å². The number of carbonyl (C=O) groups is 3. The summed E-state index contributed by atoms with van der Waals surface area (Å²) in [7, 11) is 3.06. The summed E-state index contributed by atoms with van der Waals surface area (Å²) < 4.78 is 16.2. The second-order valence-electron chi connectivity index (χ2n) is 6.77. The quantitative estimate of drug-likeness (QED) is 0.480. The molecular formula is C20H27NO7. The maximum absolute atomic E-state index is 12.5. The summed E-state index contributed by atoms with van der Waals surface area (Å²) in [5, 5.41) is 9.04. The number of carbonyl (C=O) groups excluding carboxylic acids is 2. The van der Waals surface area contributed by atoms with Crippen molar-refractivity contribution in [1.82, 2.24) is 4.90 Å². The molecule has 0 aliphatic carbocycles. The third-order valence-electron chi connectivity index (χ3n) is 4.80. The Labute approximate surface area is 164 Å². The largest absolute Gasteiger partial charge is 0.493 e. The van der Waals surface area contributed by atoms with Crippen LogP contribution in [0.4, 0.5) is 0 Å². The van der Waals surface area contributed by atoms with Crippen molar-refractivity contribution in [2.75, 3.05) is 27.4 Å². The molecule has 0 aromatic heterocycles. The van der Waals surface area contributed by atoms with E-state index in [-0.39, 0.29) is 36.7 Å². The van der Waals surface area contributed by atoms with Gasteiger partial charge in [0.1, 0.15) is 0 Å². The summed E-state index contributed by atoms with van der Waals surface area (Å²) >= 11 is 0. The number of rotatable bonds is 10. The smallest absolute Gasteiger partial charge is 0.305 e. The minimum atomic E-state index is -0.927. The van der Waals surface area contributed by atoms with Crippen LogP contribution in [0.3, 0.4) is 0 Å². The minimum absolute atomic E-state index is 0.0636. The molecule has 1 aliphatic rings. The Hall–Kier alpha value is -2.61. The van der Waals surface area contributed by atoms with E-state index in [1.54, 1.807) is 30.2 Å². The third kappa shape index (κ3) is 5.69. The summed E-state index contributed by atoms with van der Waals surface area (Å²) in [6.45, 7) is 2.19. The Balaban J connectivity index is 1.86. The molecule has 1 heterocycles. The Morgan fingerprint density at radius 3 is 2.57 bits per heavy atom. The van der Waals surface area contributed by atoms with E-state index in [9.17, 15) is 14.4 Å². The molecule has 1 amide bonds. The van der Waals surface area contributed by atoms with E-state index in [0.29, 0.717) is 43.1 Å². The van der Waals surface area contributed by atoms with Crippen LogP contribution in [0.25, 0.3) is 0 Å². The number of hydrogen-bond donors (Lipinski definition) is 1. The monoisotopic (exact) mass is 393 g/mol. The Bertz CT molecular complexity index is 719. The van der Waals surface area contributed by atoms with Crippen LogP contribution >= 0.6 is 0 Å². The summed E-state index contributed by atoms with van der Waals surface area (Å²) in [6, 6.07) is 4.62. The highest BCUT2D eigenvalue weighted by Gasteiger charge is 2.36. The van der Waals surface area contributed by atoms with Gasteiger partial charge in [0.05, 0.1) is 26.2 Å². The molecule has 1 aromatic carbocycles. The molecule has 1 saturated heterocycles. The van der Waals surface area contributed by atoms with Crippen molar-refractivity contribution in [3.8, 4) is 11.5 Å². The number of amides is 1. The lowest BCUT2D eigenvalue weighted by Gasteiger charge is -2.23. The van der Waals surface area contributed by atoms with Crippen LogP contribution in [-0.4, -0.2) is 67.2 Å². The molecule has 28 heavy (non-hydrogen) atoms. The van der Waals surface area contributed by atoms with Gasteiger partial charge >= 0.3 is 5.97 Å². The maximum atomic E-state index is 12.5. The number of likely N-dealkylation sites (tertiary alicyclic amines) is 1. The Kier molecular flexibility index (Phi) is 7.80. The van der Waals surface area contributed by atoms with Crippen LogP contribution in [0.1, 0.15) is 43.0 Å². The fourth-order valence-corrected chi connectivity index (χ4v) is 3.30. The number of methoxy groups -OCH3 is 2. The highest BCUT2D eigenvalue weighted by molar-refractivity contribution is 5.94. The highest BCUT2D eigenvalue weighted by atomic mass is 16.5. The zero-order chi connectivity index (χ0) is 20.7. The van der Waals surface area contributed by atoms with Crippen molar-refractivity contribution in [3.63, 3.8) is 0 Å². The molecule has 8 heteroatoms. The van der Waals surface area contributed by atoms with Crippen molar-refractivity contribution >= 4 is 17.7 Å². The fraction of sp³-hybridized carbons (Fsp3) is 0.550. The first-order chi connectivity index (χ1) is 13.3. The number of Topliss-reactive ketones (excluding diaryl/α,β-unsaturated/α-hetero) is 1. The highest BCUT2D eigenvalue weighted by Crippen LogP contribution is 2.29. The van der Waals surface area contributed by atoms with Crippen LogP contribution in [0.5, 0.6) is 11.5 Å². The van der Waals surface area contributed by atoms with Gasteiger partial charge in [-0.15, -0.1) is 0 Å². The average molecular weight is 393 g/mol. The van der Waals surface area contributed by atoms with Gasteiger partial charge in [-0.2, -0.15) is 0 Å². The number of nitrogens with zero attached hydrogens (tertiary/aromatic N) is 1. The zero-order valence-corrected chi connectivity index (χ0v) is 16.5. The number of benzene rings is 1. The van der Waals surface area contributed by atoms with E-state index < -0.39 is 5.97 Å². The average Bonchev–Trinajstić information content (AvgIpc) is 3.07. The number of ether oxygens (including phenoxy) is 3. The number of hydrogen-bond acceptors (Lipinski definition) is 6. The van der Waals surface area contributed by atoms with Gasteiger partial charge in [-0.1, -0.05) is 0 Å². The van der Waals surface area contributed by atoms with Gasteiger partial charge in [-0.05, 0) is 38.0 Å². The first-order valence-corrected chi connectivity index (χ1v) is 9.21. The summed E-state index contributed by atoms with van der Waals surface area (Å²) in [5.74, 6) is -0.129. The third-order valence-corrected chi connectivity index (χ3v) is 4.80. The number of carboxylic acids is 1. The standard InChI is InChI=1S/C20H27NO7/c1-13(22)14-6-7-17(18(9-14)27-3)28-8-4-5-19(23)21-12-16(26-2)10-15(21)11-20(24)25/h6-7,9,15-16H,4-5,8,10-12H2,1-3H3,(H,24,25). The van der Waals surface area contributed by atoms with Crippen molar-refractivity contribution in [3.05, 3.63) is 23.8 Å². The van der Waals surface area contributed by atoms with E-state index in [1.165, 1.54) is 14.0 Å². The van der Waals surface area contributed by atoms with Crippen LogP contribution in [0.15, 0.2) is 18.2 Å². The molecule has 2 unspecified atom stereocenters. The van der Waals surface area contributed by atoms with Crippen LogP contribution in [0, 0.1) is 0 Å². The van der Waals surface area contributed by atoms with Crippen molar-refractivity contribution in [2.45, 2.75) is 44.8 Å². The molecule has 0 saturated carbocycles. The van der Waals surface area contributed by atoms with E-state index in [1.807, 2.05) is 0 Å². The maximum Gasteiger partial charge on any atom is 0.305 e. The molecule has 1 N–H and O–H groups in total. The predicted molar refractivity (Wildman–Crippen MR) is 101 cm³/mol. The van der Waals surface area contributed by atoms with Gasteiger partial charge in [0.15, 0.2) is 17.3 Å². The zero-order valence-electron chi connectivity index (χ0n) is 16.5. The van der Waals surface area contributed by atoms with Gasteiger partial charge in [0.25, 0.3) is 0 Å². The molecule has 0 spiro atoms. The molecule has 2 rings (SSSR count). The molecule has 154 valence electrons. The molecule has 1 aliphatic heterocycles. The Morgan fingerprint density at radius 1 is 1.21 bits per heavy atom. The molecule has 8 nitrogen and oxygen atoms in total. The van der Waals surface area contributed by atoms with Gasteiger partial charge in [0, 0.05) is 31.7 Å². The summed E-state index contributed by atoms with van der Waals surface area (Å²) in [4.78, 5) is 36.6. The molecule has 1 aromatic rings. The fourth-order valence-electron chi connectivity index (χ4n) is 3.30. The topological polar surface area (TPSA) is 102 Å². The lowest BCUT2D eigenvalue weighted by molar-refractivity contribution is -0.140. The predicted octanol–water partition coefficient (Wildman–Crippen LogP) is 2.15. The lowest BCUT2D eigenvalue weighted by Crippen LogP contribution is -2.37. The summed E-state index contributed by atoms with van der Waals surface area (Å²) in [5.41, 5.74) is 0.533. The second-order valence-corrected chi connectivity index (χ2v) is 6.77. The van der Waals surface area contributed by atoms with Crippen LogP contribution < -0.4 is 9.47 Å². The Morgan fingerprint density at radius 2 is 1.96 bits per heavy atom. The number of aliphatic carboxylic acids is 1. The van der Waals surface area contributed by atoms with E-state index >= 15 is 0 Å². The van der Waals surface area contributed by atoms with Crippen molar-refractivity contribution in [1.29, 1.82) is 0 Å². The van der Waals surface area contributed by atoms with E-state index in [0.717, 1.165) is 0 Å². The van der Waals surface area contributed by atoms with Gasteiger partial charge in [0.2, 0.25) is 5.91 Å². The lowest BCUT2D eigenvalue weighted by atomic mass is 10.1. The molecule has 0 radical (unpaired) electrons. The molecule has 1 fully saturated rings. The molecule has 2 atom stereocenters. The van der Waals surface area contributed by atoms with Crippen molar-refractivity contribution < 1.29 is 33.7 Å². The minimum Gasteiger partial charge on any atom is -0.493 e.